The minimum absolute atomic E-state index is 0.337. The summed E-state index contributed by atoms with van der Waals surface area (Å²) < 4.78 is 10.1. The first-order valence-corrected chi connectivity index (χ1v) is 6.60. The number of nitrogens with zero attached hydrogens (tertiary/aromatic N) is 2. The van der Waals surface area contributed by atoms with E-state index in [2.05, 4.69) is 9.88 Å². The molecule has 5 nitrogen and oxygen atoms in total. The summed E-state index contributed by atoms with van der Waals surface area (Å²) in [5, 5.41) is 0.816. The summed E-state index contributed by atoms with van der Waals surface area (Å²) >= 11 is 0. The summed E-state index contributed by atoms with van der Waals surface area (Å²) in [6.07, 6.45) is 0. The Labute approximate surface area is 117 Å². The second-order valence-electron chi connectivity index (χ2n) is 4.63. The van der Waals surface area contributed by atoms with E-state index in [9.17, 15) is 4.79 Å². The molecular weight excluding hydrogens is 256 g/mol. The maximum Gasteiger partial charge on any atom is 0.338 e. The molecule has 104 valence electrons. The Morgan fingerprint density at radius 1 is 1.25 bits per heavy atom. The first-order valence-electron chi connectivity index (χ1n) is 6.60. The van der Waals surface area contributed by atoms with Gasteiger partial charge in [0.25, 0.3) is 0 Å². The van der Waals surface area contributed by atoms with Crippen LogP contribution in [-0.4, -0.2) is 44.4 Å². The second kappa shape index (κ2) is 5.46. The van der Waals surface area contributed by atoms with E-state index in [4.69, 9.17) is 9.47 Å². The van der Waals surface area contributed by atoms with Crippen molar-refractivity contribution >= 4 is 22.7 Å². The van der Waals surface area contributed by atoms with Gasteiger partial charge in [-0.25, -0.2) is 9.78 Å². The Balaban J connectivity index is 2.01. The summed E-state index contributed by atoms with van der Waals surface area (Å²) in [5.74, 6) is 0.583. The highest BCUT2D eigenvalue weighted by Gasteiger charge is 2.15. The van der Waals surface area contributed by atoms with Crippen molar-refractivity contribution in [2.75, 3.05) is 38.3 Å². The standard InChI is InChI=1S/C15H16N2O3/c1-19-15(18)12-3-2-4-13-11(12)5-6-14(16-13)17-7-9-20-10-8-17/h2-6H,7-10H2,1H3. The number of methoxy groups -OCH3 is 1. The summed E-state index contributed by atoms with van der Waals surface area (Å²) in [4.78, 5) is 18.6. The lowest BCUT2D eigenvalue weighted by Crippen LogP contribution is -2.36. The highest BCUT2D eigenvalue weighted by molar-refractivity contribution is 6.03. The lowest BCUT2D eigenvalue weighted by atomic mass is 10.1. The number of fused-ring (bicyclic) bond motifs is 1. The van der Waals surface area contributed by atoms with Gasteiger partial charge in [0, 0.05) is 18.5 Å². The van der Waals surface area contributed by atoms with Crippen LogP contribution in [0.4, 0.5) is 5.82 Å². The van der Waals surface area contributed by atoms with Gasteiger partial charge < -0.3 is 14.4 Å². The number of ether oxygens (including phenoxy) is 2. The average molecular weight is 272 g/mol. The fourth-order valence-corrected chi connectivity index (χ4v) is 2.40. The molecular formula is C15H16N2O3. The number of esters is 1. The molecule has 0 aliphatic carbocycles. The number of hydrogen-bond acceptors (Lipinski definition) is 5. The number of aromatic nitrogens is 1. The third kappa shape index (κ3) is 2.32. The van der Waals surface area contributed by atoms with E-state index < -0.39 is 0 Å². The molecule has 20 heavy (non-hydrogen) atoms. The smallest absolute Gasteiger partial charge is 0.338 e. The van der Waals surface area contributed by atoms with E-state index in [1.54, 1.807) is 6.07 Å². The van der Waals surface area contributed by atoms with E-state index in [0.29, 0.717) is 5.56 Å². The normalized spacial score (nSPS) is 15.3. The van der Waals surface area contributed by atoms with Crippen molar-refractivity contribution in [2.45, 2.75) is 0 Å². The maximum atomic E-state index is 11.7. The number of benzene rings is 1. The van der Waals surface area contributed by atoms with Crippen molar-refractivity contribution in [1.29, 1.82) is 0 Å². The van der Waals surface area contributed by atoms with Gasteiger partial charge in [-0.1, -0.05) is 6.07 Å². The summed E-state index contributed by atoms with van der Waals surface area (Å²) in [7, 11) is 1.39. The zero-order valence-electron chi connectivity index (χ0n) is 11.3. The number of carbonyl (C=O) groups excluding carboxylic acids is 1. The Kier molecular flexibility index (Phi) is 3.52. The maximum absolute atomic E-state index is 11.7. The second-order valence-corrected chi connectivity index (χ2v) is 4.63. The number of carbonyl (C=O) groups is 1. The fraction of sp³-hybridized carbons (Fsp3) is 0.333. The molecule has 2 heterocycles. The first kappa shape index (κ1) is 12.9. The van der Waals surface area contributed by atoms with Gasteiger partial charge in [0.2, 0.25) is 0 Å². The highest BCUT2D eigenvalue weighted by Crippen LogP contribution is 2.22. The molecule has 0 unspecified atom stereocenters. The third-order valence-electron chi connectivity index (χ3n) is 3.46. The third-order valence-corrected chi connectivity index (χ3v) is 3.46. The van der Waals surface area contributed by atoms with Gasteiger partial charge in [0.05, 0.1) is 31.4 Å². The van der Waals surface area contributed by atoms with Crippen molar-refractivity contribution in [2.24, 2.45) is 0 Å². The molecule has 0 bridgehead atoms. The topological polar surface area (TPSA) is 51.7 Å². The van der Waals surface area contributed by atoms with Crippen LogP contribution in [0.3, 0.4) is 0 Å². The summed E-state index contributed by atoms with van der Waals surface area (Å²) in [6, 6.07) is 9.36. The molecule has 1 aliphatic heterocycles. The lowest BCUT2D eigenvalue weighted by molar-refractivity contribution is 0.0603. The molecule has 0 saturated carbocycles. The molecule has 1 saturated heterocycles. The lowest BCUT2D eigenvalue weighted by Gasteiger charge is -2.28. The van der Waals surface area contributed by atoms with Crippen LogP contribution in [0, 0.1) is 0 Å². The molecule has 0 amide bonds. The van der Waals surface area contributed by atoms with Crippen LogP contribution < -0.4 is 4.90 Å². The predicted octanol–water partition coefficient (Wildman–Crippen LogP) is 1.86. The fourth-order valence-electron chi connectivity index (χ4n) is 2.40. The highest BCUT2D eigenvalue weighted by atomic mass is 16.5. The number of rotatable bonds is 2. The molecule has 0 radical (unpaired) electrons. The number of pyridine rings is 1. The molecule has 0 spiro atoms. The predicted molar refractivity (Wildman–Crippen MR) is 76.1 cm³/mol. The molecule has 1 aromatic carbocycles. The molecule has 0 atom stereocenters. The van der Waals surface area contributed by atoms with Crippen LogP contribution in [0.5, 0.6) is 0 Å². The van der Waals surface area contributed by atoms with Gasteiger partial charge in [-0.3, -0.25) is 0 Å². The van der Waals surface area contributed by atoms with Crippen LogP contribution in [0.2, 0.25) is 0 Å². The largest absolute Gasteiger partial charge is 0.465 e. The zero-order chi connectivity index (χ0) is 13.9. The summed E-state index contributed by atoms with van der Waals surface area (Å²) in [6.45, 7) is 3.13. The number of hydrogen-bond donors (Lipinski definition) is 0. The van der Waals surface area contributed by atoms with E-state index in [-0.39, 0.29) is 5.97 Å². The van der Waals surface area contributed by atoms with Crippen LogP contribution in [0.1, 0.15) is 10.4 Å². The molecule has 5 heteroatoms. The minimum Gasteiger partial charge on any atom is -0.465 e. The number of anilines is 1. The van der Waals surface area contributed by atoms with Crippen LogP contribution >= 0.6 is 0 Å². The first-order chi connectivity index (χ1) is 9.79. The Bertz CT molecular complexity index is 636. The number of morpholine rings is 1. The zero-order valence-corrected chi connectivity index (χ0v) is 11.3. The van der Waals surface area contributed by atoms with E-state index >= 15 is 0 Å². The van der Waals surface area contributed by atoms with E-state index in [0.717, 1.165) is 43.0 Å². The summed E-state index contributed by atoms with van der Waals surface area (Å²) in [5.41, 5.74) is 1.35. The quantitative estimate of drug-likeness (QED) is 0.781. The monoisotopic (exact) mass is 272 g/mol. The average Bonchev–Trinajstić information content (AvgIpc) is 2.54. The van der Waals surface area contributed by atoms with Crippen molar-refractivity contribution in [3.8, 4) is 0 Å². The van der Waals surface area contributed by atoms with Gasteiger partial charge in [-0.05, 0) is 24.3 Å². The van der Waals surface area contributed by atoms with Gasteiger partial charge >= 0.3 is 5.97 Å². The van der Waals surface area contributed by atoms with Crippen LogP contribution in [0.15, 0.2) is 30.3 Å². The van der Waals surface area contributed by atoms with E-state index in [1.807, 2.05) is 24.3 Å². The van der Waals surface area contributed by atoms with Crippen molar-refractivity contribution in [3.63, 3.8) is 0 Å². The van der Waals surface area contributed by atoms with Crippen molar-refractivity contribution in [1.82, 2.24) is 4.98 Å². The minimum atomic E-state index is -0.337. The Morgan fingerprint density at radius 2 is 2.05 bits per heavy atom. The molecule has 2 aromatic rings. The molecule has 1 fully saturated rings. The van der Waals surface area contributed by atoms with Gasteiger partial charge in [-0.15, -0.1) is 0 Å². The van der Waals surface area contributed by atoms with Crippen LogP contribution in [0.25, 0.3) is 10.9 Å². The molecule has 0 N–H and O–H groups in total. The van der Waals surface area contributed by atoms with E-state index in [1.165, 1.54) is 7.11 Å². The van der Waals surface area contributed by atoms with Gasteiger partial charge in [0.15, 0.2) is 0 Å². The van der Waals surface area contributed by atoms with Crippen LogP contribution in [-0.2, 0) is 9.47 Å². The Hall–Kier alpha value is -2.14. The van der Waals surface area contributed by atoms with Crippen molar-refractivity contribution < 1.29 is 14.3 Å². The molecule has 3 rings (SSSR count). The Morgan fingerprint density at radius 3 is 2.80 bits per heavy atom. The van der Waals surface area contributed by atoms with Gasteiger partial charge in [-0.2, -0.15) is 0 Å². The van der Waals surface area contributed by atoms with Crippen molar-refractivity contribution in [3.05, 3.63) is 35.9 Å². The van der Waals surface area contributed by atoms with Gasteiger partial charge in [0.1, 0.15) is 5.82 Å². The molecule has 1 aliphatic rings. The SMILES string of the molecule is COC(=O)c1cccc2nc(N3CCOCC3)ccc12. The molecule has 1 aromatic heterocycles.